The van der Waals surface area contributed by atoms with Gasteiger partial charge in [-0.3, -0.25) is 9.69 Å². The van der Waals surface area contributed by atoms with Crippen LogP contribution in [0.4, 0.5) is 0 Å². The predicted octanol–water partition coefficient (Wildman–Crippen LogP) is -0.600. The molecule has 13 heavy (non-hydrogen) atoms. The number of primary amides is 1. The molecule has 2 atom stereocenters. The first-order valence-corrected chi connectivity index (χ1v) is 4.59. The van der Waals surface area contributed by atoms with E-state index < -0.39 is 0 Å². The van der Waals surface area contributed by atoms with Crippen LogP contribution in [0.2, 0.25) is 0 Å². The number of hydrogen-bond acceptors (Lipinski definition) is 3. The third kappa shape index (κ3) is 1.56. The van der Waals surface area contributed by atoms with Gasteiger partial charge in [0.2, 0.25) is 5.91 Å². The molecule has 0 saturated carbocycles. The molecule has 0 spiro atoms. The SMILES string of the molecule is CNC1C(C(N)=O)CN(C)C1(C)C. The summed E-state index contributed by atoms with van der Waals surface area (Å²) in [5.74, 6) is -0.290. The van der Waals surface area contributed by atoms with Crippen molar-refractivity contribution in [2.45, 2.75) is 25.4 Å². The van der Waals surface area contributed by atoms with Crippen molar-refractivity contribution in [3.05, 3.63) is 0 Å². The van der Waals surface area contributed by atoms with Gasteiger partial charge in [-0.25, -0.2) is 0 Å². The molecule has 2 unspecified atom stereocenters. The maximum atomic E-state index is 11.2. The fourth-order valence-corrected chi connectivity index (χ4v) is 2.17. The lowest BCUT2D eigenvalue weighted by molar-refractivity contribution is -0.122. The molecule has 3 N–H and O–H groups in total. The van der Waals surface area contributed by atoms with E-state index in [0.717, 1.165) is 6.54 Å². The highest BCUT2D eigenvalue weighted by molar-refractivity contribution is 5.78. The van der Waals surface area contributed by atoms with Crippen LogP contribution in [0.15, 0.2) is 0 Å². The molecule has 4 heteroatoms. The van der Waals surface area contributed by atoms with Crippen LogP contribution in [0.5, 0.6) is 0 Å². The van der Waals surface area contributed by atoms with Crippen molar-refractivity contribution in [1.82, 2.24) is 10.2 Å². The largest absolute Gasteiger partial charge is 0.369 e. The lowest BCUT2D eigenvalue weighted by Crippen LogP contribution is -2.51. The smallest absolute Gasteiger partial charge is 0.223 e. The fraction of sp³-hybridized carbons (Fsp3) is 0.889. The number of rotatable bonds is 2. The molecule has 76 valence electrons. The first kappa shape index (κ1) is 10.5. The van der Waals surface area contributed by atoms with Crippen molar-refractivity contribution < 1.29 is 4.79 Å². The highest BCUT2D eigenvalue weighted by atomic mass is 16.1. The lowest BCUT2D eigenvalue weighted by atomic mass is 9.89. The second kappa shape index (κ2) is 3.27. The van der Waals surface area contributed by atoms with Crippen LogP contribution in [0.3, 0.4) is 0 Å². The lowest BCUT2D eigenvalue weighted by Gasteiger charge is -2.33. The Morgan fingerprint density at radius 3 is 2.46 bits per heavy atom. The maximum Gasteiger partial charge on any atom is 0.223 e. The Bertz CT molecular complexity index is 215. The zero-order valence-corrected chi connectivity index (χ0v) is 8.79. The van der Waals surface area contributed by atoms with Crippen molar-refractivity contribution in [2.24, 2.45) is 11.7 Å². The van der Waals surface area contributed by atoms with Crippen LogP contribution >= 0.6 is 0 Å². The molecule has 0 aromatic heterocycles. The van der Waals surface area contributed by atoms with Crippen LogP contribution in [-0.4, -0.2) is 43.0 Å². The van der Waals surface area contributed by atoms with Gasteiger partial charge in [-0.1, -0.05) is 0 Å². The van der Waals surface area contributed by atoms with Gasteiger partial charge in [0.05, 0.1) is 5.92 Å². The minimum absolute atomic E-state index is 0.00551. The van der Waals surface area contributed by atoms with E-state index in [9.17, 15) is 4.79 Å². The van der Waals surface area contributed by atoms with E-state index in [2.05, 4.69) is 24.1 Å². The standard InChI is InChI=1S/C9H19N3O/c1-9(2)7(11-3)6(8(10)13)5-12(9)4/h6-7,11H,5H2,1-4H3,(H2,10,13). The molecule has 1 aliphatic rings. The third-order valence-electron chi connectivity index (χ3n) is 3.29. The number of likely N-dealkylation sites (N-methyl/N-ethyl adjacent to an activating group) is 2. The summed E-state index contributed by atoms with van der Waals surface area (Å²) in [7, 11) is 3.90. The number of nitrogens with zero attached hydrogens (tertiary/aromatic N) is 1. The Balaban J connectivity index is 2.88. The molecule has 1 amide bonds. The Labute approximate surface area is 79.5 Å². The van der Waals surface area contributed by atoms with E-state index in [-0.39, 0.29) is 23.4 Å². The van der Waals surface area contributed by atoms with E-state index in [1.165, 1.54) is 0 Å². The molecule has 1 aliphatic heterocycles. The molecule has 0 aromatic carbocycles. The summed E-state index contributed by atoms with van der Waals surface area (Å²) in [6.07, 6.45) is 0. The number of amides is 1. The van der Waals surface area contributed by atoms with Gasteiger partial charge in [0.1, 0.15) is 0 Å². The van der Waals surface area contributed by atoms with E-state index >= 15 is 0 Å². The van der Waals surface area contributed by atoms with E-state index in [4.69, 9.17) is 5.73 Å². The van der Waals surface area contributed by atoms with Crippen molar-refractivity contribution in [3.8, 4) is 0 Å². The summed E-state index contributed by atoms with van der Waals surface area (Å²) in [5, 5.41) is 3.17. The minimum Gasteiger partial charge on any atom is -0.369 e. The van der Waals surface area contributed by atoms with Gasteiger partial charge >= 0.3 is 0 Å². The summed E-state index contributed by atoms with van der Waals surface area (Å²) in [6, 6.07) is 0.148. The van der Waals surface area contributed by atoms with Gasteiger partial charge in [0, 0.05) is 18.1 Å². The monoisotopic (exact) mass is 185 g/mol. The van der Waals surface area contributed by atoms with Crippen LogP contribution < -0.4 is 11.1 Å². The van der Waals surface area contributed by atoms with E-state index in [0.29, 0.717) is 0 Å². The summed E-state index contributed by atoms with van der Waals surface area (Å²) in [5.41, 5.74) is 5.34. The zero-order chi connectivity index (χ0) is 10.2. The van der Waals surface area contributed by atoms with Crippen LogP contribution in [-0.2, 0) is 4.79 Å². The highest BCUT2D eigenvalue weighted by Gasteiger charge is 2.47. The molecule has 4 nitrogen and oxygen atoms in total. The predicted molar refractivity (Wildman–Crippen MR) is 52.2 cm³/mol. The van der Waals surface area contributed by atoms with Gasteiger partial charge in [0.25, 0.3) is 0 Å². The molecule has 1 fully saturated rings. The Hall–Kier alpha value is -0.610. The van der Waals surface area contributed by atoms with Crippen LogP contribution in [0, 0.1) is 5.92 Å². The highest BCUT2D eigenvalue weighted by Crippen LogP contribution is 2.31. The number of carbonyl (C=O) groups excluding carboxylic acids is 1. The summed E-state index contributed by atoms with van der Waals surface area (Å²) >= 11 is 0. The van der Waals surface area contributed by atoms with Crippen molar-refractivity contribution in [2.75, 3.05) is 20.6 Å². The van der Waals surface area contributed by atoms with Crippen molar-refractivity contribution >= 4 is 5.91 Å². The quantitative estimate of drug-likeness (QED) is 0.604. The number of likely N-dealkylation sites (tertiary alicyclic amines) is 1. The second-order valence-electron chi connectivity index (χ2n) is 4.31. The summed E-state index contributed by atoms with van der Waals surface area (Å²) in [4.78, 5) is 13.3. The molecular weight excluding hydrogens is 166 g/mol. The van der Waals surface area contributed by atoms with Crippen molar-refractivity contribution in [3.63, 3.8) is 0 Å². The Morgan fingerprint density at radius 1 is 1.62 bits per heavy atom. The molecule has 1 saturated heterocycles. The van der Waals surface area contributed by atoms with Crippen LogP contribution in [0.25, 0.3) is 0 Å². The summed E-state index contributed by atoms with van der Waals surface area (Å²) < 4.78 is 0. The number of nitrogens with two attached hydrogens (primary N) is 1. The molecule has 1 rings (SSSR count). The van der Waals surface area contributed by atoms with E-state index in [1.54, 1.807) is 0 Å². The van der Waals surface area contributed by atoms with Gasteiger partial charge in [-0.2, -0.15) is 0 Å². The average Bonchev–Trinajstić information content (AvgIpc) is 2.23. The molecular formula is C9H19N3O. The van der Waals surface area contributed by atoms with Crippen LogP contribution in [0.1, 0.15) is 13.8 Å². The molecule has 0 aliphatic carbocycles. The number of carbonyl (C=O) groups is 1. The van der Waals surface area contributed by atoms with Crippen molar-refractivity contribution in [1.29, 1.82) is 0 Å². The van der Waals surface area contributed by atoms with Gasteiger partial charge in [0.15, 0.2) is 0 Å². The maximum absolute atomic E-state index is 11.2. The van der Waals surface area contributed by atoms with Gasteiger partial charge < -0.3 is 11.1 Å². The first-order valence-electron chi connectivity index (χ1n) is 4.59. The number of nitrogens with one attached hydrogen (secondary N) is 1. The molecule has 0 aromatic rings. The first-order chi connectivity index (χ1) is 5.91. The second-order valence-corrected chi connectivity index (χ2v) is 4.31. The molecule has 0 radical (unpaired) electrons. The summed E-state index contributed by atoms with van der Waals surface area (Å²) in [6.45, 7) is 4.99. The molecule has 1 heterocycles. The Morgan fingerprint density at radius 2 is 2.15 bits per heavy atom. The van der Waals surface area contributed by atoms with E-state index in [1.807, 2.05) is 14.1 Å². The zero-order valence-electron chi connectivity index (χ0n) is 8.79. The van der Waals surface area contributed by atoms with Gasteiger partial charge in [-0.15, -0.1) is 0 Å². The topological polar surface area (TPSA) is 58.4 Å². The minimum atomic E-state index is -0.211. The Kier molecular flexibility index (Phi) is 2.63. The fourth-order valence-electron chi connectivity index (χ4n) is 2.17. The average molecular weight is 185 g/mol. The number of hydrogen-bond donors (Lipinski definition) is 2. The normalized spacial score (nSPS) is 33.5. The third-order valence-corrected chi connectivity index (χ3v) is 3.29. The van der Waals surface area contributed by atoms with Gasteiger partial charge in [-0.05, 0) is 27.9 Å². The molecule has 0 bridgehead atoms.